The molecule has 0 saturated carbocycles. The van der Waals surface area contributed by atoms with E-state index in [4.69, 9.17) is 4.74 Å². The Labute approximate surface area is 85.3 Å². The van der Waals surface area contributed by atoms with Crippen LogP contribution in [0, 0.1) is 0 Å². The van der Waals surface area contributed by atoms with Gasteiger partial charge in [0.1, 0.15) is 12.3 Å². The normalized spacial score (nSPS) is 11.4. The summed E-state index contributed by atoms with van der Waals surface area (Å²) in [6.07, 6.45) is 1.60. The molecule has 0 bridgehead atoms. The Balaban J connectivity index is 2.60. The van der Waals surface area contributed by atoms with E-state index in [1.54, 1.807) is 18.3 Å². The van der Waals surface area contributed by atoms with Gasteiger partial charge in [-0.05, 0) is 41.9 Å². The summed E-state index contributed by atoms with van der Waals surface area (Å²) in [4.78, 5) is 3.95. The van der Waals surface area contributed by atoms with Gasteiger partial charge in [0, 0.05) is 6.20 Å². The molecule has 0 radical (unpaired) electrons. The average Bonchev–Trinajstić information content (AvgIpc) is 2.01. The lowest BCUT2D eigenvalue weighted by atomic mass is 10.2. The van der Waals surface area contributed by atoms with E-state index in [9.17, 15) is 4.39 Å². The van der Waals surface area contributed by atoms with Crippen molar-refractivity contribution in [2.24, 2.45) is 0 Å². The standard InChI is InChI=1S/C9H11BrFNO/c1-9(2,11)6-13-8-7(10)4-3-5-12-8/h3-5H,6H2,1-2H3. The van der Waals surface area contributed by atoms with Gasteiger partial charge in [-0.15, -0.1) is 0 Å². The fourth-order valence-electron chi connectivity index (χ4n) is 0.717. The van der Waals surface area contributed by atoms with Gasteiger partial charge in [0.25, 0.3) is 0 Å². The molecule has 0 aliphatic carbocycles. The van der Waals surface area contributed by atoms with Crippen LogP contribution in [0.4, 0.5) is 4.39 Å². The van der Waals surface area contributed by atoms with Gasteiger partial charge in [-0.3, -0.25) is 0 Å². The molecular formula is C9H11BrFNO. The van der Waals surface area contributed by atoms with Crippen molar-refractivity contribution in [3.63, 3.8) is 0 Å². The first-order valence-electron chi connectivity index (χ1n) is 3.91. The lowest BCUT2D eigenvalue weighted by Gasteiger charge is -2.14. The molecule has 0 amide bonds. The smallest absolute Gasteiger partial charge is 0.228 e. The first-order chi connectivity index (χ1) is 5.99. The van der Waals surface area contributed by atoms with Gasteiger partial charge in [-0.2, -0.15) is 0 Å². The van der Waals surface area contributed by atoms with E-state index in [-0.39, 0.29) is 6.61 Å². The van der Waals surface area contributed by atoms with Crippen LogP contribution in [-0.4, -0.2) is 17.3 Å². The fourth-order valence-corrected chi connectivity index (χ4v) is 1.09. The number of nitrogens with zero attached hydrogens (tertiary/aromatic N) is 1. The molecule has 0 saturated heterocycles. The maximum Gasteiger partial charge on any atom is 0.228 e. The molecule has 0 fully saturated rings. The topological polar surface area (TPSA) is 22.1 Å². The van der Waals surface area contributed by atoms with Crippen molar-refractivity contribution in [3.05, 3.63) is 22.8 Å². The Kier molecular flexibility index (Phi) is 3.25. The van der Waals surface area contributed by atoms with Crippen LogP contribution in [0.2, 0.25) is 0 Å². The van der Waals surface area contributed by atoms with Crippen LogP contribution in [0.5, 0.6) is 5.88 Å². The number of aromatic nitrogens is 1. The summed E-state index contributed by atoms with van der Waals surface area (Å²) in [5.74, 6) is 0.424. The number of rotatable bonds is 3. The van der Waals surface area contributed by atoms with Crippen LogP contribution in [0.1, 0.15) is 13.8 Å². The van der Waals surface area contributed by atoms with Gasteiger partial charge < -0.3 is 4.74 Å². The van der Waals surface area contributed by atoms with Crippen molar-refractivity contribution in [2.75, 3.05) is 6.61 Å². The Morgan fingerprint density at radius 1 is 1.62 bits per heavy atom. The zero-order valence-electron chi connectivity index (χ0n) is 7.55. The Morgan fingerprint density at radius 3 is 2.85 bits per heavy atom. The molecule has 0 aromatic carbocycles. The molecule has 0 atom stereocenters. The molecule has 0 aliphatic heterocycles. The Hall–Kier alpha value is -0.640. The maximum atomic E-state index is 13.0. The average molecular weight is 248 g/mol. The van der Waals surface area contributed by atoms with Crippen molar-refractivity contribution in [3.8, 4) is 5.88 Å². The van der Waals surface area contributed by atoms with Crippen LogP contribution in [0.3, 0.4) is 0 Å². The first kappa shape index (κ1) is 10.4. The summed E-state index contributed by atoms with van der Waals surface area (Å²) in [5, 5.41) is 0. The van der Waals surface area contributed by atoms with Gasteiger partial charge in [0.05, 0.1) is 4.47 Å². The molecule has 0 N–H and O–H groups in total. The van der Waals surface area contributed by atoms with E-state index in [0.717, 1.165) is 4.47 Å². The predicted octanol–water partition coefficient (Wildman–Crippen LogP) is 2.97. The molecule has 1 heterocycles. The quantitative estimate of drug-likeness (QED) is 0.820. The van der Waals surface area contributed by atoms with Crippen molar-refractivity contribution in [1.82, 2.24) is 4.98 Å². The largest absolute Gasteiger partial charge is 0.473 e. The third-order valence-corrected chi connectivity index (χ3v) is 1.88. The summed E-state index contributed by atoms with van der Waals surface area (Å²) in [7, 11) is 0. The highest BCUT2D eigenvalue weighted by Crippen LogP contribution is 2.22. The summed E-state index contributed by atoms with van der Waals surface area (Å²) in [5.41, 5.74) is -1.34. The van der Waals surface area contributed by atoms with Crippen LogP contribution in [0.25, 0.3) is 0 Å². The molecule has 1 aromatic heterocycles. The molecule has 0 aliphatic rings. The summed E-state index contributed by atoms with van der Waals surface area (Å²) in [6, 6.07) is 3.57. The second-order valence-electron chi connectivity index (χ2n) is 3.30. The highest BCUT2D eigenvalue weighted by atomic mass is 79.9. The molecule has 1 rings (SSSR count). The van der Waals surface area contributed by atoms with E-state index < -0.39 is 5.67 Å². The molecule has 2 nitrogen and oxygen atoms in total. The molecular weight excluding hydrogens is 237 g/mol. The Morgan fingerprint density at radius 2 is 2.31 bits per heavy atom. The summed E-state index contributed by atoms with van der Waals surface area (Å²) < 4.78 is 18.9. The second-order valence-corrected chi connectivity index (χ2v) is 4.15. The highest BCUT2D eigenvalue weighted by Gasteiger charge is 2.17. The fraction of sp³-hybridized carbons (Fsp3) is 0.444. The number of hydrogen-bond acceptors (Lipinski definition) is 2. The number of ether oxygens (including phenoxy) is 1. The highest BCUT2D eigenvalue weighted by molar-refractivity contribution is 9.10. The number of halogens is 2. The molecule has 0 unspecified atom stereocenters. The maximum absolute atomic E-state index is 13.0. The zero-order chi connectivity index (χ0) is 9.90. The summed E-state index contributed by atoms with van der Waals surface area (Å²) >= 11 is 3.25. The van der Waals surface area contributed by atoms with E-state index in [0.29, 0.717) is 5.88 Å². The second kappa shape index (κ2) is 4.05. The first-order valence-corrected chi connectivity index (χ1v) is 4.70. The number of hydrogen-bond donors (Lipinski definition) is 0. The van der Waals surface area contributed by atoms with Crippen LogP contribution >= 0.6 is 15.9 Å². The van der Waals surface area contributed by atoms with Gasteiger partial charge in [0.2, 0.25) is 5.88 Å². The molecule has 13 heavy (non-hydrogen) atoms. The van der Waals surface area contributed by atoms with Crippen molar-refractivity contribution >= 4 is 15.9 Å². The van der Waals surface area contributed by atoms with E-state index in [2.05, 4.69) is 20.9 Å². The van der Waals surface area contributed by atoms with E-state index >= 15 is 0 Å². The number of pyridine rings is 1. The van der Waals surface area contributed by atoms with Crippen molar-refractivity contribution in [2.45, 2.75) is 19.5 Å². The number of alkyl halides is 1. The third kappa shape index (κ3) is 3.72. The summed E-state index contributed by atoms with van der Waals surface area (Å²) in [6.45, 7) is 2.93. The van der Waals surface area contributed by atoms with Crippen molar-refractivity contribution < 1.29 is 9.13 Å². The van der Waals surface area contributed by atoms with Crippen LogP contribution in [-0.2, 0) is 0 Å². The molecule has 1 aromatic rings. The minimum atomic E-state index is -1.34. The Bertz CT molecular complexity index is 285. The van der Waals surface area contributed by atoms with Crippen LogP contribution in [0.15, 0.2) is 22.8 Å². The van der Waals surface area contributed by atoms with Gasteiger partial charge in [0.15, 0.2) is 0 Å². The van der Waals surface area contributed by atoms with E-state index in [1.165, 1.54) is 13.8 Å². The third-order valence-electron chi connectivity index (χ3n) is 1.28. The van der Waals surface area contributed by atoms with Crippen molar-refractivity contribution in [1.29, 1.82) is 0 Å². The van der Waals surface area contributed by atoms with Gasteiger partial charge >= 0.3 is 0 Å². The lowest BCUT2D eigenvalue weighted by molar-refractivity contribution is 0.117. The van der Waals surface area contributed by atoms with Gasteiger partial charge in [-0.1, -0.05) is 0 Å². The minimum Gasteiger partial charge on any atom is -0.473 e. The zero-order valence-corrected chi connectivity index (χ0v) is 9.14. The van der Waals surface area contributed by atoms with Gasteiger partial charge in [-0.25, -0.2) is 9.37 Å². The predicted molar refractivity (Wildman–Crippen MR) is 52.6 cm³/mol. The lowest BCUT2D eigenvalue weighted by Crippen LogP contribution is -2.23. The molecule has 72 valence electrons. The molecule has 0 spiro atoms. The van der Waals surface area contributed by atoms with E-state index in [1.807, 2.05) is 0 Å². The minimum absolute atomic E-state index is 0.00259. The monoisotopic (exact) mass is 247 g/mol. The SMILES string of the molecule is CC(C)(F)COc1ncccc1Br. The van der Waals surface area contributed by atoms with Crippen LogP contribution < -0.4 is 4.74 Å². The molecule has 4 heteroatoms.